The van der Waals surface area contributed by atoms with Gasteiger partial charge in [-0.05, 0) is 13.8 Å². The lowest BCUT2D eigenvalue weighted by molar-refractivity contribution is -0.139. The topological polar surface area (TPSA) is 89.6 Å². The molecule has 0 radical (unpaired) electrons. The third-order valence-corrected chi connectivity index (χ3v) is 3.92. The molecule has 1 saturated heterocycles. The number of esters is 1. The van der Waals surface area contributed by atoms with Crippen LogP contribution in [0, 0.1) is 0 Å². The van der Waals surface area contributed by atoms with Crippen LogP contribution in [0.1, 0.15) is 20.3 Å². The predicted molar refractivity (Wildman–Crippen MR) is 56.6 cm³/mol. The molecule has 0 amide bonds. The van der Waals surface area contributed by atoms with Gasteiger partial charge < -0.3 is 15.6 Å². The van der Waals surface area contributed by atoms with E-state index in [1.54, 1.807) is 13.8 Å². The standard InChI is InChI=1S/C9H15NO4S/c1-9(2,6(10)7(11)12)15-5-3-4-14-8(5)13/h5-6H,3-4,10H2,1-2H3,(H,11,12)/t5?,6-/m0/s1. The van der Waals surface area contributed by atoms with E-state index < -0.39 is 16.8 Å². The molecule has 0 bridgehead atoms. The molecule has 1 aliphatic rings. The molecule has 0 saturated carbocycles. The Morgan fingerprint density at radius 1 is 1.73 bits per heavy atom. The van der Waals surface area contributed by atoms with E-state index in [0.717, 1.165) is 0 Å². The Balaban J connectivity index is 2.62. The van der Waals surface area contributed by atoms with Crippen molar-refractivity contribution in [1.82, 2.24) is 0 Å². The van der Waals surface area contributed by atoms with Crippen LogP contribution in [0.15, 0.2) is 0 Å². The summed E-state index contributed by atoms with van der Waals surface area (Å²) in [5.74, 6) is -1.33. The summed E-state index contributed by atoms with van der Waals surface area (Å²) >= 11 is 1.27. The van der Waals surface area contributed by atoms with Gasteiger partial charge in [-0.2, -0.15) is 0 Å². The van der Waals surface area contributed by atoms with E-state index in [2.05, 4.69) is 0 Å². The molecular weight excluding hydrogens is 218 g/mol. The van der Waals surface area contributed by atoms with E-state index in [4.69, 9.17) is 15.6 Å². The Hall–Kier alpha value is -0.750. The molecule has 1 rings (SSSR count). The van der Waals surface area contributed by atoms with Crippen molar-refractivity contribution in [1.29, 1.82) is 0 Å². The fraction of sp³-hybridized carbons (Fsp3) is 0.778. The van der Waals surface area contributed by atoms with Gasteiger partial charge >= 0.3 is 11.9 Å². The average Bonchev–Trinajstić information content (AvgIpc) is 2.50. The molecule has 1 heterocycles. The lowest BCUT2D eigenvalue weighted by Crippen LogP contribution is -2.47. The Bertz CT molecular complexity index is 279. The summed E-state index contributed by atoms with van der Waals surface area (Å²) in [5.41, 5.74) is 5.55. The number of carbonyl (C=O) groups excluding carboxylic acids is 1. The lowest BCUT2D eigenvalue weighted by Gasteiger charge is -2.29. The van der Waals surface area contributed by atoms with Gasteiger partial charge in [0.2, 0.25) is 0 Å². The molecule has 3 N–H and O–H groups in total. The summed E-state index contributed by atoms with van der Waals surface area (Å²) in [6.45, 7) is 3.86. The van der Waals surface area contributed by atoms with Gasteiger partial charge in [0.15, 0.2) is 0 Å². The minimum atomic E-state index is -1.06. The fourth-order valence-corrected chi connectivity index (χ4v) is 2.68. The summed E-state index contributed by atoms with van der Waals surface area (Å²) in [6.07, 6.45) is 0.624. The number of aliphatic carboxylic acids is 1. The number of hydrogen-bond acceptors (Lipinski definition) is 5. The highest BCUT2D eigenvalue weighted by molar-refractivity contribution is 8.02. The van der Waals surface area contributed by atoms with Gasteiger partial charge in [-0.3, -0.25) is 9.59 Å². The summed E-state index contributed by atoms with van der Waals surface area (Å²) in [4.78, 5) is 22.0. The van der Waals surface area contributed by atoms with Crippen LogP contribution in [-0.2, 0) is 14.3 Å². The Morgan fingerprint density at radius 2 is 2.33 bits per heavy atom. The summed E-state index contributed by atoms with van der Waals surface area (Å²) in [6, 6.07) is -0.990. The largest absolute Gasteiger partial charge is 0.480 e. The maximum Gasteiger partial charge on any atom is 0.321 e. The van der Waals surface area contributed by atoms with Crippen molar-refractivity contribution in [2.24, 2.45) is 5.73 Å². The average molecular weight is 233 g/mol. The minimum Gasteiger partial charge on any atom is -0.480 e. The number of carbonyl (C=O) groups is 2. The first kappa shape index (κ1) is 12.3. The molecule has 1 unspecified atom stereocenters. The third-order valence-electron chi connectivity index (χ3n) is 2.35. The number of carboxylic acid groups (broad SMARTS) is 1. The van der Waals surface area contributed by atoms with E-state index in [1.165, 1.54) is 11.8 Å². The van der Waals surface area contributed by atoms with Gasteiger partial charge in [0.25, 0.3) is 0 Å². The minimum absolute atomic E-state index is 0.273. The first-order chi connectivity index (χ1) is 6.84. The summed E-state index contributed by atoms with van der Waals surface area (Å²) in [5, 5.41) is 8.52. The molecule has 6 heteroatoms. The number of thioether (sulfide) groups is 1. The monoisotopic (exact) mass is 233 g/mol. The van der Waals surface area contributed by atoms with Crippen LogP contribution in [0.5, 0.6) is 0 Å². The molecule has 1 fully saturated rings. The highest BCUT2D eigenvalue weighted by atomic mass is 32.2. The molecule has 0 aliphatic carbocycles. The second-order valence-corrected chi connectivity index (χ2v) is 5.84. The normalized spacial score (nSPS) is 23.7. The molecule has 0 aromatic carbocycles. The van der Waals surface area contributed by atoms with Gasteiger partial charge in [0.1, 0.15) is 11.3 Å². The van der Waals surface area contributed by atoms with Crippen LogP contribution < -0.4 is 5.73 Å². The second-order valence-electron chi connectivity index (χ2n) is 3.98. The predicted octanol–water partition coefficient (Wildman–Crippen LogP) is 0.226. The zero-order valence-electron chi connectivity index (χ0n) is 8.73. The van der Waals surface area contributed by atoms with Gasteiger partial charge in [-0.1, -0.05) is 0 Å². The summed E-state index contributed by atoms with van der Waals surface area (Å²) < 4.78 is 4.12. The Morgan fingerprint density at radius 3 is 2.73 bits per heavy atom. The van der Waals surface area contributed by atoms with Crippen LogP contribution in [-0.4, -0.2) is 39.7 Å². The number of nitrogens with two attached hydrogens (primary N) is 1. The molecule has 1 aliphatic heterocycles. The second kappa shape index (κ2) is 4.40. The molecule has 5 nitrogen and oxygen atoms in total. The van der Waals surface area contributed by atoms with E-state index in [0.29, 0.717) is 13.0 Å². The van der Waals surface area contributed by atoms with Gasteiger partial charge in [-0.15, -0.1) is 11.8 Å². The molecule has 15 heavy (non-hydrogen) atoms. The van der Waals surface area contributed by atoms with Crippen LogP contribution in [0.3, 0.4) is 0 Å². The van der Waals surface area contributed by atoms with Gasteiger partial charge in [0, 0.05) is 11.2 Å². The maximum atomic E-state index is 11.2. The smallest absolute Gasteiger partial charge is 0.321 e. The number of cyclic esters (lactones) is 1. The number of hydrogen-bond donors (Lipinski definition) is 2. The van der Waals surface area contributed by atoms with Crippen LogP contribution >= 0.6 is 11.8 Å². The van der Waals surface area contributed by atoms with E-state index in [9.17, 15) is 9.59 Å². The van der Waals surface area contributed by atoms with Crippen molar-refractivity contribution in [3.8, 4) is 0 Å². The van der Waals surface area contributed by atoms with Crippen molar-refractivity contribution >= 4 is 23.7 Å². The SMILES string of the molecule is CC(C)(SC1CCOC1=O)[C@@H](N)C(=O)O. The molecule has 0 spiro atoms. The number of ether oxygens (including phenoxy) is 1. The van der Waals surface area contributed by atoms with Crippen molar-refractivity contribution < 1.29 is 19.4 Å². The first-order valence-corrected chi connectivity index (χ1v) is 5.55. The molecular formula is C9H15NO4S. The van der Waals surface area contributed by atoms with Crippen molar-refractivity contribution in [2.45, 2.75) is 36.3 Å². The van der Waals surface area contributed by atoms with Crippen molar-refractivity contribution in [3.05, 3.63) is 0 Å². The van der Waals surface area contributed by atoms with Crippen molar-refractivity contribution in [2.75, 3.05) is 6.61 Å². The van der Waals surface area contributed by atoms with Crippen LogP contribution in [0.2, 0.25) is 0 Å². The van der Waals surface area contributed by atoms with Gasteiger partial charge in [0.05, 0.1) is 6.61 Å². The summed E-state index contributed by atoms with van der Waals surface area (Å²) in [7, 11) is 0. The van der Waals surface area contributed by atoms with Crippen LogP contribution in [0.4, 0.5) is 0 Å². The van der Waals surface area contributed by atoms with E-state index >= 15 is 0 Å². The van der Waals surface area contributed by atoms with Crippen molar-refractivity contribution in [3.63, 3.8) is 0 Å². The Labute approximate surface area is 92.3 Å². The highest BCUT2D eigenvalue weighted by Gasteiger charge is 2.39. The van der Waals surface area contributed by atoms with E-state index in [1.807, 2.05) is 0 Å². The maximum absolute atomic E-state index is 11.2. The number of rotatable bonds is 4. The number of carboxylic acids is 1. The lowest BCUT2D eigenvalue weighted by atomic mass is 10.1. The van der Waals surface area contributed by atoms with Gasteiger partial charge in [-0.25, -0.2) is 0 Å². The zero-order chi connectivity index (χ0) is 11.6. The Kier molecular flexibility index (Phi) is 3.62. The third kappa shape index (κ3) is 2.85. The fourth-order valence-electron chi connectivity index (χ4n) is 1.32. The molecule has 86 valence electrons. The molecule has 2 atom stereocenters. The zero-order valence-corrected chi connectivity index (χ0v) is 9.54. The van der Waals surface area contributed by atoms with Crippen LogP contribution in [0.25, 0.3) is 0 Å². The first-order valence-electron chi connectivity index (χ1n) is 4.67. The van der Waals surface area contributed by atoms with E-state index in [-0.39, 0.29) is 11.2 Å². The molecule has 0 aromatic rings. The quantitative estimate of drug-likeness (QED) is 0.675. The molecule has 0 aromatic heterocycles. The highest BCUT2D eigenvalue weighted by Crippen LogP contribution is 2.35.